The maximum absolute atomic E-state index is 13.0. The molecule has 178 valence electrons. The van der Waals surface area contributed by atoms with Crippen molar-refractivity contribution in [2.75, 3.05) is 15.5 Å². The van der Waals surface area contributed by atoms with Crippen LogP contribution in [0.1, 0.15) is 27.0 Å². The smallest absolute Gasteiger partial charge is 0.283 e. The Bertz CT molecular complexity index is 1370. The van der Waals surface area contributed by atoms with Gasteiger partial charge in [-0.15, -0.1) is 0 Å². The monoisotopic (exact) mass is 527 g/mol. The largest absolute Gasteiger partial charge is 0.350 e. The van der Waals surface area contributed by atoms with E-state index < -0.39 is 11.8 Å². The van der Waals surface area contributed by atoms with E-state index in [-0.39, 0.29) is 32.4 Å². The number of nitrogens with one attached hydrogen (secondary N) is 2. The highest BCUT2D eigenvalue weighted by Crippen LogP contribution is 2.33. The maximum atomic E-state index is 13.0. The summed E-state index contributed by atoms with van der Waals surface area (Å²) in [7, 11) is 0. The Labute approximate surface area is 217 Å². The van der Waals surface area contributed by atoms with E-state index in [0.29, 0.717) is 11.3 Å². The number of halogens is 3. The van der Waals surface area contributed by atoms with E-state index in [0.717, 1.165) is 27.3 Å². The van der Waals surface area contributed by atoms with Gasteiger partial charge in [0.05, 0.1) is 5.69 Å². The molecule has 4 rings (SSSR count). The molecule has 1 aliphatic rings. The SMILES string of the molecule is Cc1cc(C)c(NC(=O)c2ccc(NC3=C(Cl)C(=O)N(c4cc(Cl)cc(Cl)c4)C3=O)cc2)c(C)c1. The highest BCUT2D eigenvalue weighted by molar-refractivity contribution is 6.53. The predicted octanol–water partition coefficient (Wildman–Crippen LogP) is 6.61. The molecule has 0 fully saturated rings. The number of imide groups is 1. The fraction of sp³-hybridized carbons (Fsp3) is 0.115. The molecule has 9 heteroatoms. The van der Waals surface area contributed by atoms with Gasteiger partial charge in [-0.2, -0.15) is 0 Å². The Morgan fingerprint density at radius 2 is 1.37 bits per heavy atom. The third-order valence-electron chi connectivity index (χ3n) is 5.46. The normalized spacial score (nSPS) is 13.5. The number of carbonyl (C=O) groups is 3. The van der Waals surface area contributed by atoms with Crippen molar-refractivity contribution in [3.63, 3.8) is 0 Å². The van der Waals surface area contributed by atoms with Crippen LogP contribution in [0.4, 0.5) is 17.1 Å². The third-order valence-corrected chi connectivity index (χ3v) is 6.25. The van der Waals surface area contributed by atoms with Crippen LogP contribution in [0.5, 0.6) is 0 Å². The van der Waals surface area contributed by atoms with E-state index in [9.17, 15) is 14.4 Å². The van der Waals surface area contributed by atoms with Crippen molar-refractivity contribution in [2.45, 2.75) is 20.8 Å². The molecule has 0 saturated carbocycles. The summed E-state index contributed by atoms with van der Waals surface area (Å²) < 4.78 is 0. The van der Waals surface area contributed by atoms with E-state index in [1.807, 2.05) is 32.9 Å². The molecule has 0 unspecified atom stereocenters. The molecule has 1 heterocycles. The number of anilines is 3. The average Bonchev–Trinajstić information content (AvgIpc) is 2.99. The summed E-state index contributed by atoms with van der Waals surface area (Å²) in [6.07, 6.45) is 0. The van der Waals surface area contributed by atoms with Gasteiger partial charge in [-0.25, -0.2) is 4.90 Å². The van der Waals surface area contributed by atoms with Crippen molar-refractivity contribution in [2.24, 2.45) is 0 Å². The molecule has 0 atom stereocenters. The van der Waals surface area contributed by atoms with Crippen molar-refractivity contribution in [3.05, 3.63) is 97.6 Å². The van der Waals surface area contributed by atoms with Crippen molar-refractivity contribution >= 4 is 69.6 Å². The first-order valence-electron chi connectivity index (χ1n) is 10.6. The Morgan fingerprint density at radius 3 is 1.94 bits per heavy atom. The Balaban J connectivity index is 1.51. The molecule has 3 aromatic rings. The highest BCUT2D eigenvalue weighted by atomic mass is 35.5. The summed E-state index contributed by atoms with van der Waals surface area (Å²) in [6, 6.07) is 14.9. The first kappa shape index (κ1) is 24.8. The number of rotatable bonds is 5. The summed E-state index contributed by atoms with van der Waals surface area (Å²) in [5.74, 6) is -1.61. The fourth-order valence-electron chi connectivity index (χ4n) is 3.93. The Hall–Kier alpha value is -3.32. The number of hydrogen-bond donors (Lipinski definition) is 2. The zero-order chi connectivity index (χ0) is 25.4. The lowest BCUT2D eigenvalue weighted by atomic mass is 10.0. The Morgan fingerprint density at radius 1 is 0.800 bits per heavy atom. The molecule has 3 amide bonds. The van der Waals surface area contributed by atoms with Crippen molar-refractivity contribution in [1.29, 1.82) is 0 Å². The van der Waals surface area contributed by atoms with Crippen LogP contribution in [-0.2, 0) is 9.59 Å². The first-order valence-corrected chi connectivity index (χ1v) is 11.7. The molecule has 0 bridgehead atoms. The molecule has 2 N–H and O–H groups in total. The minimum absolute atomic E-state index is 0.0872. The van der Waals surface area contributed by atoms with Gasteiger partial charge in [-0.05, 0) is 74.4 Å². The lowest BCUT2D eigenvalue weighted by molar-refractivity contribution is -0.120. The molecule has 0 aliphatic carbocycles. The van der Waals surface area contributed by atoms with Gasteiger partial charge in [0.2, 0.25) is 0 Å². The third kappa shape index (κ3) is 5.05. The highest BCUT2D eigenvalue weighted by Gasteiger charge is 2.39. The van der Waals surface area contributed by atoms with E-state index >= 15 is 0 Å². The number of carbonyl (C=O) groups excluding carboxylic acids is 3. The standard InChI is InChI=1S/C26H20Cl3N3O3/c1-13-8-14(2)22(15(3)9-13)31-24(33)16-4-6-19(7-5-16)30-23-21(29)25(34)32(26(23)35)20-11-17(27)10-18(28)12-20/h4-12,30H,1-3H3,(H,31,33). The molecule has 35 heavy (non-hydrogen) atoms. The van der Waals surface area contributed by atoms with Gasteiger partial charge in [0.25, 0.3) is 17.7 Å². The second-order valence-electron chi connectivity index (χ2n) is 8.19. The fourth-order valence-corrected chi connectivity index (χ4v) is 4.65. The van der Waals surface area contributed by atoms with Crippen molar-refractivity contribution in [3.8, 4) is 0 Å². The van der Waals surface area contributed by atoms with Crippen LogP contribution < -0.4 is 15.5 Å². The molecule has 1 aliphatic heterocycles. The quantitative estimate of drug-likeness (QED) is 0.365. The molecule has 6 nitrogen and oxygen atoms in total. The molecule has 0 aromatic heterocycles. The van der Waals surface area contributed by atoms with Crippen LogP contribution in [0.2, 0.25) is 10.0 Å². The van der Waals surface area contributed by atoms with Gasteiger partial charge in [-0.1, -0.05) is 52.5 Å². The second kappa shape index (κ2) is 9.74. The van der Waals surface area contributed by atoms with Crippen LogP contribution >= 0.6 is 34.8 Å². The molecule has 0 saturated heterocycles. The summed E-state index contributed by atoms with van der Waals surface area (Å²) in [5, 5.41) is 6.11. The molecule has 0 radical (unpaired) electrons. The maximum Gasteiger partial charge on any atom is 0.283 e. The first-order chi connectivity index (χ1) is 16.5. The van der Waals surface area contributed by atoms with E-state index in [1.54, 1.807) is 24.3 Å². The average molecular weight is 529 g/mol. The van der Waals surface area contributed by atoms with Gasteiger partial charge in [0, 0.05) is 27.0 Å². The van der Waals surface area contributed by atoms with Crippen molar-refractivity contribution < 1.29 is 14.4 Å². The van der Waals surface area contributed by atoms with Crippen LogP contribution in [0.3, 0.4) is 0 Å². The van der Waals surface area contributed by atoms with E-state index in [4.69, 9.17) is 34.8 Å². The summed E-state index contributed by atoms with van der Waals surface area (Å²) in [6.45, 7) is 5.90. The zero-order valence-electron chi connectivity index (χ0n) is 19.0. The van der Waals surface area contributed by atoms with E-state index in [1.165, 1.54) is 18.2 Å². The molecule has 0 spiro atoms. The minimum Gasteiger partial charge on any atom is -0.350 e. The lowest BCUT2D eigenvalue weighted by Crippen LogP contribution is -2.32. The number of benzene rings is 3. The summed E-state index contributed by atoms with van der Waals surface area (Å²) in [4.78, 5) is 39.3. The number of aryl methyl sites for hydroxylation is 3. The second-order valence-corrected chi connectivity index (χ2v) is 9.44. The Kier molecular flexibility index (Phi) is 6.90. The van der Waals surface area contributed by atoms with Gasteiger partial charge in [0.15, 0.2) is 0 Å². The number of amides is 3. The minimum atomic E-state index is -0.697. The van der Waals surface area contributed by atoms with Gasteiger partial charge in [0.1, 0.15) is 10.7 Å². The summed E-state index contributed by atoms with van der Waals surface area (Å²) in [5.41, 5.74) is 4.88. The molecular weight excluding hydrogens is 509 g/mol. The number of hydrogen-bond acceptors (Lipinski definition) is 4. The summed E-state index contributed by atoms with van der Waals surface area (Å²) >= 11 is 18.2. The molecular formula is C26H20Cl3N3O3. The van der Waals surface area contributed by atoms with Gasteiger partial charge >= 0.3 is 0 Å². The topological polar surface area (TPSA) is 78.5 Å². The zero-order valence-corrected chi connectivity index (χ0v) is 21.3. The van der Waals surface area contributed by atoms with E-state index in [2.05, 4.69) is 10.6 Å². The molecule has 3 aromatic carbocycles. The van der Waals surface area contributed by atoms with Crippen LogP contribution in [0, 0.1) is 20.8 Å². The van der Waals surface area contributed by atoms with Gasteiger partial charge < -0.3 is 10.6 Å². The number of nitrogens with zero attached hydrogens (tertiary/aromatic N) is 1. The van der Waals surface area contributed by atoms with Crippen molar-refractivity contribution in [1.82, 2.24) is 0 Å². The van der Waals surface area contributed by atoms with Crippen LogP contribution in [0.25, 0.3) is 0 Å². The predicted molar refractivity (Wildman–Crippen MR) is 141 cm³/mol. The van der Waals surface area contributed by atoms with Crippen LogP contribution in [-0.4, -0.2) is 17.7 Å². The van der Waals surface area contributed by atoms with Gasteiger partial charge in [-0.3, -0.25) is 14.4 Å². The lowest BCUT2D eigenvalue weighted by Gasteiger charge is -2.16. The van der Waals surface area contributed by atoms with Crippen LogP contribution in [0.15, 0.2) is 65.3 Å².